The molecule has 0 spiro atoms. The van der Waals surface area contributed by atoms with Gasteiger partial charge in [-0.25, -0.2) is 0 Å². The highest BCUT2D eigenvalue weighted by molar-refractivity contribution is 5.01. The van der Waals surface area contributed by atoms with Crippen molar-refractivity contribution in [1.82, 2.24) is 4.90 Å². The van der Waals surface area contributed by atoms with Crippen LogP contribution >= 0.6 is 0 Å². The van der Waals surface area contributed by atoms with E-state index in [9.17, 15) is 0 Å². The number of nitrogens with two attached hydrogens (primary N) is 1. The van der Waals surface area contributed by atoms with Crippen molar-refractivity contribution in [1.29, 1.82) is 0 Å². The molecule has 2 heteroatoms. The third-order valence-electron chi connectivity index (χ3n) is 6.46. The predicted octanol–water partition coefficient (Wildman–Crippen LogP) is 2.48. The molecular weight excluding hydrogens is 220 g/mol. The predicted molar refractivity (Wildman–Crippen MR) is 74.2 cm³/mol. The van der Waals surface area contributed by atoms with Gasteiger partial charge in [0.25, 0.3) is 0 Å². The first-order chi connectivity index (χ1) is 8.70. The minimum Gasteiger partial charge on any atom is -0.326 e. The van der Waals surface area contributed by atoms with Crippen LogP contribution in [0.25, 0.3) is 0 Å². The van der Waals surface area contributed by atoms with Gasteiger partial charge >= 0.3 is 0 Å². The minimum atomic E-state index is 0.450. The topological polar surface area (TPSA) is 29.3 Å². The molecular formula is C16H28N2. The maximum Gasteiger partial charge on any atom is 0.0201 e. The van der Waals surface area contributed by atoms with Gasteiger partial charge in [-0.2, -0.15) is 0 Å². The lowest BCUT2D eigenvalue weighted by Crippen LogP contribution is -2.54. The molecule has 0 aromatic carbocycles. The summed E-state index contributed by atoms with van der Waals surface area (Å²) in [6.45, 7) is 1.15. The first-order valence-corrected chi connectivity index (χ1v) is 8.16. The van der Waals surface area contributed by atoms with Crippen LogP contribution in [-0.2, 0) is 0 Å². The number of likely N-dealkylation sites (N-methyl/N-ethyl adjacent to an activating group) is 1. The summed E-state index contributed by atoms with van der Waals surface area (Å²) < 4.78 is 0. The maximum atomic E-state index is 6.62. The van der Waals surface area contributed by atoms with Crippen LogP contribution in [0.5, 0.6) is 0 Å². The second-order valence-corrected chi connectivity index (χ2v) is 7.84. The molecule has 5 rings (SSSR count). The van der Waals surface area contributed by atoms with Gasteiger partial charge in [0.05, 0.1) is 0 Å². The molecule has 1 unspecified atom stereocenters. The maximum absolute atomic E-state index is 6.62. The van der Waals surface area contributed by atoms with E-state index in [2.05, 4.69) is 11.9 Å². The van der Waals surface area contributed by atoms with Gasteiger partial charge in [0.1, 0.15) is 0 Å². The standard InChI is InChI=1S/C16H28N2/c1-18(14-2-3-14)9-15(17)16-12-5-10-4-11(7-12)8-13(16)6-10/h10-16H,2-9,17H2,1H3. The van der Waals surface area contributed by atoms with Crippen LogP contribution in [0.2, 0.25) is 0 Å². The van der Waals surface area contributed by atoms with E-state index in [0.29, 0.717) is 6.04 Å². The summed E-state index contributed by atoms with van der Waals surface area (Å²) in [5.74, 6) is 5.00. The smallest absolute Gasteiger partial charge is 0.0201 e. The summed E-state index contributed by atoms with van der Waals surface area (Å²) in [5.41, 5.74) is 6.62. The molecule has 4 bridgehead atoms. The minimum absolute atomic E-state index is 0.450. The lowest BCUT2D eigenvalue weighted by molar-refractivity contribution is -0.0498. The first kappa shape index (κ1) is 11.7. The molecule has 0 heterocycles. The fraction of sp³-hybridized carbons (Fsp3) is 1.00. The molecule has 0 amide bonds. The first-order valence-electron chi connectivity index (χ1n) is 8.16. The molecule has 18 heavy (non-hydrogen) atoms. The molecule has 5 aliphatic rings. The van der Waals surface area contributed by atoms with Gasteiger partial charge in [0.2, 0.25) is 0 Å². The van der Waals surface area contributed by atoms with Crippen molar-refractivity contribution in [3.63, 3.8) is 0 Å². The molecule has 0 radical (unpaired) electrons. The Hall–Kier alpha value is -0.0800. The van der Waals surface area contributed by atoms with Crippen LogP contribution < -0.4 is 5.73 Å². The van der Waals surface area contributed by atoms with Crippen molar-refractivity contribution in [3.05, 3.63) is 0 Å². The van der Waals surface area contributed by atoms with E-state index >= 15 is 0 Å². The molecule has 2 N–H and O–H groups in total. The number of hydrogen-bond acceptors (Lipinski definition) is 2. The van der Waals surface area contributed by atoms with Crippen molar-refractivity contribution in [2.24, 2.45) is 35.3 Å². The summed E-state index contributed by atoms with van der Waals surface area (Å²) in [4.78, 5) is 2.54. The Labute approximate surface area is 111 Å². The van der Waals surface area contributed by atoms with E-state index in [4.69, 9.17) is 5.73 Å². The Morgan fingerprint density at radius 1 is 1.00 bits per heavy atom. The second kappa shape index (κ2) is 4.21. The van der Waals surface area contributed by atoms with Crippen LogP contribution in [0.3, 0.4) is 0 Å². The molecule has 0 aromatic rings. The van der Waals surface area contributed by atoms with Crippen molar-refractivity contribution < 1.29 is 0 Å². The zero-order valence-corrected chi connectivity index (χ0v) is 11.7. The van der Waals surface area contributed by atoms with Gasteiger partial charge in [0, 0.05) is 18.6 Å². The van der Waals surface area contributed by atoms with Gasteiger partial charge in [-0.1, -0.05) is 0 Å². The van der Waals surface area contributed by atoms with E-state index < -0.39 is 0 Å². The monoisotopic (exact) mass is 248 g/mol. The van der Waals surface area contributed by atoms with Crippen LogP contribution in [-0.4, -0.2) is 30.6 Å². The lowest BCUT2D eigenvalue weighted by atomic mass is 9.50. The van der Waals surface area contributed by atoms with E-state index in [1.807, 2.05) is 0 Å². The Morgan fingerprint density at radius 2 is 1.56 bits per heavy atom. The van der Waals surface area contributed by atoms with Gasteiger partial charge in [-0.15, -0.1) is 0 Å². The van der Waals surface area contributed by atoms with E-state index in [0.717, 1.165) is 42.2 Å². The van der Waals surface area contributed by atoms with E-state index in [1.54, 1.807) is 6.42 Å². The Balaban J connectivity index is 1.44. The Morgan fingerprint density at radius 3 is 2.06 bits per heavy atom. The average molecular weight is 248 g/mol. The van der Waals surface area contributed by atoms with Gasteiger partial charge in [-0.3, -0.25) is 0 Å². The van der Waals surface area contributed by atoms with Crippen molar-refractivity contribution in [2.45, 2.75) is 57.0 Å². The van der Waals surface area contributed by atoms with Crippen molar-refractivity contribution >= 4 is 0 Å². The highest BCUT2D eigenvalue weighted by Gasteiger charge is 2.50. The highest BCUT2D eigenvalue weighted by Crippen LogP contribution is 2.57. The summed E-state index contributed by atoms with van der Waals surface area (Å²) >= 11 is 0. The quantitative estimate of drug-likeness (QED) is 0.828. The average Bonchev–Trinajstić information content (AvgIpc) is 3.10. The van der Waals surface area contributed by atoms with Crippen LogP contribution in [0.15, 0.2) is 0 Å². The number of hydrogen-bond donors (Lipinski definition) is 1. The fourth-order valence-corrected chi connectivity index (χ4v) is 5.79. The third kappa shape index (κ3) is 1.92. The lowest BCUT2D eigenvalue weighted by Gasteiger charge is -2.56. The highest BCUT2D eigenvalue weighted by atomic mass is 15.2. The molecule has 102 valence electrons. The third-order valence-corrected chi connectivity index (χ3v) is 6.46. The summed E-state index contributed by atoms with van der Waals surface area (Å²) in [5, 5.41) is 0. The van der Waals surface area contributed by atoms with Crippen molar-refractivity contribution in [3.8, 4) is 0 Å². The molecule has 0 aromatic heterocycles. The van der Waals surface area contributed by atoms with Crippen LogP contribution in [0.1, 0.15) is 44.9 Å². The summed E-state index contributed by atoms with van der Waals surface area (Å²) in [7, 11) is 2.29. The molecule has 0 saturated heterocycles. The van der Waals surface area contributed by atoms with Crippen LogP contribution in [0, 0.1) is 29.6 Å². The Kier molecular flexibility index (Phi) is 2.74. The Bertz CT molecular complexity index is 295. The molecule has 5 saturated carbocycles. The van der Waals surface area contributed by atoms with Gasteiger partial charge < -0.3 is 10.6 Å². The van der Waals surface area contributed by atoms with E-state index in [1.165, 1.54) is 38.5 Å². The summed E-state index contributed by atoms with van der Waals surface area (Å²) in [6.07, 6.45) is 10.4. The van der Waals surface area contributed by atoms with Gasteiger partial charge in [-0.05, 0) is 81.6 Å². The van der Waals surface area contributed by atoms with Gasteiger partial charge in [0.15, 0.2) is 0 Å². The SMILES string of the molecule is CN(CC(N)C1C2CC3CC(C2)CC1C3)C1CC1. The second-order valence-electron chi connectivity index (χ2n) is 7.84. The van der Waals surface area contributed by atoms with E-state index in [-0.39, 0.29) is 0 Å². The number of nitrogens with zero attached hydrogens (tertiary/aromatic N) is 1. The molecule has 5 fully saturated rings. The summed E-state index contributed by atoms with van der Waals surface area (Å²) in [6, 6.07) is 1.32. The largest absolute Gasteiger partial charge is 0.326 e. The van der Waals surface area contributed by atoms with Crippen molar-refractivity contribution in [2.75, 3.05) is 13.6 Å². The number of rotatable bonds is 4. The van der Waals surface area contributed by atoms with Crippen LogP contribution in [0.4, 0.5) is 0 Å². The molecule has 5 aliphatic carbocycles. The zero-order valence-electron chi connectivity index (χ0n) is 11.7. The normalized spacial score (nSPS) is 47.8. The molecule has 0 aliphatic heterocycles. The fourth-order valence-electron chi connectivity index (χ4n) is 5.79. The zero-order chi connectivity index (χ0) is 12.3. The molecule has 2 nitrogen and oxygen atoms in total. The molecule has 1 atom stereocenters.